The topological polar surface area (TPSA) is 131 Å². The Morgan fingerprint density at radius 2 is 1.69 bits per heavy atom. The second-order valence-corrected chi connectivity index (χ2v) is 11.9. The summed E-state index contributed by atoms with van der Waals surface area (Å²) in [5.41, 5.74) is 2.09. The Balaban J connectivity index is 1.91. The van der Waals surface area contributed by atoms with Crippen LogP contribution >= 0.6 is 0 Å². The predicted molar refractivity (Wildman–Crippen MR) is 167 cm³/mol. The molecule has 1 saturated heterocycles. The van der Waals surface area contributed by atoms with Gasteiger partial charge in [-0.05, 0) is 57.6 Å². The van der Waals surface area contributed by atoms with Crippen LogP contribution in [0.5, 0.6) is 0 Å². The Labute approximate surface area is 267 Å². The Kier molecular flexibility index (Phi) is 15.6. The molecule has 0 aromatic carbocycles. The van der Waals surface area contributed by atoms with Gasteiger partial charge in [-0.3, -0.25) is 4.79 Å². The molecule has 1 fully saturated rings. The summed E-state index contributed by atoms with van der Waals surface area (Å²) in [6, 6.07) is 0. The van der Waals surface area contributed by atoms with E-state index in [4.69, 9.17) is 38.2 Å². The minimum Gasteiger partial charge on any atom is -0.458 e. The van der Waals surface area contributed by atoms with Crippen LogP contribution in [0.25, 0.3) is 0 Å². The highest BCUT2D eigenvalue weighted by Gasteiger charge is 2.46. The Bertz CT molecular complexity index is 1070. The molecule has 0 spiro atoms. The number of hydrogen-bond acceptors (Lipinski definition) is 11. The fourth-order valence-electron chi connectivity index (χ4n) is 5.68. The Morgan fingerprint density at radius 1 is 1.00 bits per heavy atom. The van der Waals surface area contributed by atoms with Gasteiger partial charge in [-0.2, -0.15) is 0 Å². The van der Waals surface area contributed by atoms with E-state index in [1.54, 1.807) is 13.2 Å². The summed E-state index contributed by atoms with van der Waals surface area (Å²) in [7, 11) is 4.38. The predicted octanol–water partition coefficient (Wildman–Crippen LogP) is 4.24. The van der Waals surface area contributed by atoms with Crippen molar-refractivity contribution < 1.29 is 53.2 Å². The fourth-order valence-corrected chi connectivity index (χ4v) is 5.68. The highest BCUT2D eigenvalue weighted by molar-refractivity contribution is 5.70. The van der Waals surface area contributed by atoms with Crippen LogP contribution in [-0.4, -0.2) is 98.9 Å². The average molecular weight is 637 g/mol. The third kappa shape index (κ3) is 11.5. The molecule has 0 amide bonds. The molecule has 11 heteroatoms. The van der Waals surface area contributed by atoms with Gasteiger partial charge in [0, 0.05) is 27.8 Å². The van der Waals surface area contributed by atoms with Crippen molar-refractivity contribution in [2.24, 2.45) is 5.92 Å². The van der Waals surface area contributed by atoms with Gasteiger partial charge in [0.05, 0.1) is 18.6 Å². The molecule has 4 aliphatic heterocycles. The van der Waals surface area contributed by atoms with E-state index in [-0.39, 0.29) is 24.5 Å². The third-order valence-corrected chi connectivity index (χ3v) is 8.06. The minimum absolute atomic E-state index is 0.178. The molecule has 2 N–H and O–H groups in total. The van der Waals surface area contributed by atoms with Crippen LogP contribution in [-0.2, 0) is 43.0 Å². The van der Waals surface area contributed by atoms with Crippen LogP contribution in [0.15, 0.2) is 59.8 Å². The summed E-state index contributed by atoms with van der Waals surface area (Å²) >= 11 is 0. The Morgan fingerprint density at radius 3 is 2.31 bits per heavy atom. The summed E-state index contributed by atoms with van der Waals surface area (Å²) in [5, 5.41) is 21.4. The van der Waals surface area contributed by atoms with E-state index >= 15 is 0 Å². The van der Waals surface area contributed by atoms with Crippen molar-refractivity contribution in [3.8, 4) is 0 Å². The molecule has 4 aliphatic rings. The lowest BCUT2D eigenvalue weighted by molar-refractivity contribution is -0.352. The van der Waals surface area contributed by atoms with Crippen molar-refractivity contribution in [1.82, 2.24) is 0 Å². The maximum Gasteiger partial charge on any atom is 0.309 e. The quantitative estimate of drug-likeness (QED) is 0.225. The number of ether oxygens (including phenoxy) is 6. The number of carbonyl (C=O) groups is 1. The second-order valence-electron chi connectivity index (χ2n) is 11.9. The maximum absolute atomic E-state index is 13.4. The first-order valence-corrected chi connectivity index (χ1v) is 15.7. The van der Waals surface area contributed by atoms with E-state index in [1.165, 1.54) is 14.2 Å². The number of allylic oxidation sites excluding steroid dienone is 4. The first kappa shape index (κ1) is 37.3. The van der Waals surface area contributed by atoms with E-state index in [0.717, 1.165) is 17.6 Å². The van der Waals surface area contributed by atoms with Gasteiger partial charge in [-0.15, -0.1) is 0 Å². The largest absolute Gasteiger partial charge is 0.458 e. The van der Waals surface area contributed by atoms with Crippen LogP contribution in [0.3, 0.4) is 0 Å². The molecule has 4 rings (SSSR count). The summed E-state index contributed by atoms with van der Waals surface area (Å²) in [4.78, 5) is 24.9. The third-order valence-electron chi connectivity index (χ3n) is 8.06. The monoisotopic (exact) mass is 636 g/mol. The van der Waals surface area contributed by atoms with Crippen molar-refractivity contribution in [3.05, 3.63) is 59.8 Å². The van der Waals surface area contributed by atoms with Crippen molar-refractivity contribution in [2.75, 3.05) is 21.3 Å². The molecule has 0 saturated carbocycles. The lowest BCUT2D eigenvalue weighted by Crippen LogP contribution is -2.59. The molecular formula is C34H52O11. The van der Waals surface area contributed by atoms with Gasteiger partial charge in [0.25, 0.3) is 0 Å². The zero-order chi connectivity index (χ0) is 32.9. The van der Waals surface area contributed by atoms with Crippen molar-refractivity contribution in [1.29, 1.82) is 0 Å². The zero-order valence-corrected chi connectivity index (χ0v) is 27.6. The van der Waals surface area contributed by atoms with E-state index in [0.29, 0.717) is 19.3 Å². The first-order valence-electron chi connectivity index (χ1n) is 15.7. The van der Waals surface area contributed by atoms with E-state index in [1.807, 2.05) is 57.2 Å². The summed E-state index contributed by atoms with van der Waals surface area (Å²) in [6.45, 7) is 8.08. The lowest BCUT2D eigenvalue weighted by atomic mass is 9.96. The van der Waals surface area contributed by atoms with Crippen molar-refractivity contribution in [2.45, 2.75) is 121 Å². The second kappa shape index (κ2) is 18.8. The van der Waals surface area contributed by atoms with Gasteiger partial charge < -0.3 is 38.6 Å². The maximum atomic E-state index is 13.4. The van der Waals surface area contributed by atoms with Crippen LogP contribution in [0.2, 0.25) is 0 Å². The molecule has 0 aromatic heterocycles. The standard InChI is InChI=1S/C34H52O11/c1-8-9-11-21(2)17-27-19-26-15-14-25(44-45-26)18-22(3)16-23(4)28(38-5)13-10-12-24(20-29(35)41-27)42-34-31(37)32(39-6)30(36)33(40-7)43-34/h8-10,12,14-17,22,24-28,30-34,36-37H,11,13,18-20H2,1-7H3/b9-8+,12-10?,21-17-,23-16?/t22-,24-,25-,26-,27+,28+,30+,31-,32+,33+,34-/m1/s1. The Hall–Kier alpha value is -2.19. The van der Waals surface area contributed by atoms with Crippen molar-refractivity contribution in [3.63, 3.8) is 0 Å². The van der Waals surface area contributed by atoms with Gasteiger partial charge in [0.2, 0.25) is 0 Å². The lowest BCUT2D eigenvalue weighted by Gasteiger charge is -2.41. The zero-order valence-electron chi connectivity index (χ0n) is 27.6. The van der Waals surface area contributed by atoms with E-state index in [2.05, 4.69) is 13.0 Å². The number of rotatable bonds is 8. The van der Waals surface area contributed by atoms with Crippen LogP contribution in [0.1, 0.15) is 59.8 Å². The van der Waals surface area contributed by atoms with Crippen LogP contribution in [0, 0.1) is 5.92 Å². The van der Waals surface area contributed by atoms with E-state index < -0.39 is 55.2 Å². The molecule has 11 atom stereocenters. The number of hydrogen-bond donors (Lipinski definition) is 2. The molecule has 0 aromatic rings. The van der Waals surface area contributed by atoms with Crippen LogP contribution < -0.4 is 0 Å². The molecule has 4 heterocycles. The summed E-state index contributed by atoms with van der Waals surface area (Å²) in [6.07, 6.45) is 9.56. The number of carbonyl (C=O) groups excluding carboxylic acids is 1. The van der Waals surface area contributed by atoms with Crippen LogP contribution in [0.4, 0.5) is 0 Å². The van der Waals surface area contributed by atoms with Gasteiger partial charge in [-0.1, -0.05) is 55.0 Å². The SMILES string of the molecule is C/C=C/C/C(C)=C\[C@H]1C[C@H]2C=C[C@H](C[C@H](C)C=C(C)[C@@H](OC)CC=C[C@@H](O[C@@H]3O[C@H](OC)[C@@H](O)[C@H](OC)[C@H]3O)CC(=O)O1)OO2. The molecule has 2 bridgehead atoms. The fraction of sp³-hybridized carbons (Fsp3) is 0.676. The summed E-state index contributed by atoms with van der Waals surface area (Å²) < 4.78 is 34.1. The van der Waals surface area contributed by atoms with E-state index in [9.17, 15) is 15.0 Å². The number of methoxy groups -OCH3 is 3. The number of fused-ring (bicyclic) bond motifs is 12. The summed E-state index contributed by atoms with van der Waals surface area (Å²) in [5.74, 6) is -0.320. The minimum atomic E-state index is -1.35. The van der Waals surface area contributed by atoms with Gasteiger partial charge in [-0.25, -0.2) is 9.78 Å². The van der Waals surface area contributed by atoms with Crippen molar-refractivity contribution >= 4 is 5.97 Å². The number of aliphatic hydroxyl groups is 2. The highest BCUT2D eigenvalue weighted by Crippen LogP contribution is 2.28. The highest BCUT2D eigenvalue weighted by atomic mass is 17.2. The molecule has 45 heavy (non-hydrogen) atoms. The molecule has 11 nitrogen and oxygen atoms in total. The van der Waals surface area contributed by atoms with Gasteiger partial charge in [0.1, 0.15) is 36.6 Å². The molecule has 0 unspecified atom stereocenters. The average Bonchev–Trinajstić information content (AvgIpc) is 3.00. The molecule has 254 valence electrons. The smallest absolute Gasteiger partial charge is 0.309 e. The molecule has 0 aliphatic carbocycles. The molecular weight excluding hydrogens is 584 g/mol. The molecule has 0 radical (unpaired) electrons. The normalized spacial score (nSPS) is 37.7. The first-order chi connectivity index (χ1) is 21.6. The number of aliphatic hydroxyl groups excluding tert-OH is 2. The van der Waals surface area contributed by atoms with Gasteiger partial charge in [0.15, 0.2) is 12.6 Å². The van der Waals surface area contributed by atoms with Gasteiger partial charge >= 0.3 is 5.97 Å². The number of esters is 1.